The number of rotatable bonds is 51. The molecule has 0 spiro atoms. The molecular weight excluding hydrogens is 877 g/mol. The first-order valence-electron chi connectivity index (χ1n) is 29.0. The van der Waals surface area contributed by atoms with Crippen LogP contribution in [0.3, 0.4) is 0 Å². The normalized spacial score (nSPS) is 13.0. The van der Waals surface area contributed by atoms with E-state index in [4.69, 9.17) is 14.2 Å². The van der Waals surface area contributed by atoms with Crippen molar-refractivity contribution in [1.29, 1.82) is 0 Å². The third-order valence-electron chi connectivity index (χ3n) is 12.0. The van der Waals surface area contributed by atoms with Crippen molar-refractivity contribution in [3.05, 3.63) is 122 Å². The first kappa shape index (κ1) is 66.8. The van der Waals surface area contributed by atoms with Gasteiger partial charge in [-0.25, -0.2) is 0 Å². The predicted octanol–water partition coefficient (Wildman–Crippen LogP) is 19.6. The first-order chi connectivity index (χ1) is 35.0. The summed E-state index contributed by atoms with van der Waals surface area (Å²) in [5.41, 5.74) is 0. The maximum Gasteiger partial charge on any atom is 0.306 e. The van der Waals surface area contributed by atoms with Gasteiger partial charge in [0.05, 0.1) is 0 Å². The van der Waals surface area contributed by atoms with E-state index in [1.54, 1.807) is 0 Å². The Hall–Kier alpha value is -4.19. The Kier molecular flexibility index (Phi) is 54.9. The molecule has 0 bridgehead atoms. The molecule has 0 radical (unpaired) electrons. The van der Waals surface area contributed by atoms with Gasteiger partial charge in [0.25, 0.3) is 0 Å². The lowest BCUT2D eigenvalue weighted by Crippen LogP contribution is -2.30. The Bertz CT molecular complexity index is 1500. The van der Waals surface area contributed by atoms with Crippen molar-refractivity contribution in [2.45, 2.75) is 258 Å². The van der Waals surface area contributed by atoms with Gasteiger partial charge in [0.15, 0.2) is 6.10 Å². The number of carbonyl (C=O) groups is 3. The second-order valence-corrected chi connectivity index (χ2v) is 18.8. The zero-order valence-electron chi connectivity index (χ0n) is 45.9. The second-order valence-electron chi connectivity index (χ2n) is 18.8. The van der Waals surface area contributed by atoms with Crippen molar-refractivity contribution in [2.75, 3.05) is 13.2 Å². The lowest BCUT2D eigenvalue weighted by molar-refractivity contribution is -0.167. The average molecular weight is 984 g/mol. The van der Waals surface area contributed by atoms with Gasteiger partial charge in [-0.1, -0.05) is 245 Å². The minimum absolute atomic E-state index is 0.104. The van der Waals surface area contributed by atoms with Crippen molar-refractivity contribution in [1.82, 2.24) is 0 Å². The molecule has 0 aliphatic rings. The molecule has 0 heterocycles. The number of ether oxygens (including phenoxy) is 3. The summed E-state index contributed by atoms with van der Waals surface area (Å²) in [7, 11) is 0. The highest BCUT2D eigenvalue weighted by Crippen LogP contribution is 2.15. The Morgan fingerprint density at radius 2 is 0.549 bits per heavy atom. The van der Waals surface area contributed by atoms with E-state index in [2.05, 4.69) is 142 Å². The fraction of sp³-hybridized carbons (Fsp3) is 0.646. The first-order valence-corrected chi connectivity index (χ1v) is 29.0. The van der Waals surface area contributed by atoms with E-state index in [-0.39, 0.29) is 37.5 Å². The molecule has 0 aliphatic carbocycles. The smallest absolute Gasteiger partial charge is 0.306 e. The van der Waals surface area contributed by atoms with Gasteiger partial charge >= 0.3 is 17.9 Å². The van der Waals surface area contributed by atoms with Crippen LogP contribution in [-0.2, 0) is 28.6 Å². The number of hydrogen-bond acceptors (Lipinski definition) is 6. The summed E-state index contributed by atoms with van der Waals surface area (Å²) in [6, 6.07) is 0. The topological polar surface area (TPSA) is 78.9 Å². The zero-order chi connectivity index (χ0) is 51.4. The van der Waals surface area contributed by atoms with Gasteiger partial charge in [0.1, 0.15) is 13.2 Å². The predicted molar refractivity (Wildman–Crippen MR) is 306 cm³/mol. The highest BCUT2D eigenvalue weighted by Gasteiger charge is 2.19. The molecule has 6 heteroatoms. The number of allylic oxidation sites excluding steroid dienone is 20. The minimum Gasteiger partial charge on any atom is -0.462 e. The Labute approximate surface area is 437 Å². The summed E-state index contributed by atoms with van der Waals surface area (Å²) in [4.78, 5) is 38.2. The van der Waals surface area contributed by atoms with Crippen molar-refractivity contribution < 1.29 is 28.6 Å². The Morgan fingerprint density at radius 1 is 0.296 bits per heavy atom. The summed E-state index contributed by atoms with van der Waals surface area (Å²) >= 11 is 0. The fourth-order valence-electron chi connectivity index (χ4n) is 7.67. The van der Waals surface area contributed by atoms with E-state index in [1.807, 2.05) is 0 Å². The molecule has 0 aliphatic heterocycles. The molecule has 0 fully saturated rings. The fourth-order valence-corrected chi connectivity index (χ4v) is 7.67. The molecule has 402 valence electrons. The molecule has 71 heavy (non-hydrogen) atoms. The van der Waals surface area contributed by atoms with Gasteiger partial charge in [-0.3, -0.25) is 14.4 Å². The lowest BCUT2D eigenvalue weighted by atomic mass is 10.0. The van der Waals surface area contributed by atoms with Crippen LogP contribution < -0.4 is 0 Å². The van der Waals surface area contributed by atoms with Crippen LogP contribution in [0.4, 0.5) is 0 Å². The van der Waals surface area contributed by atoms with Crippen molar-refractivity contribution >= 4 is 17.9 Å². The lowest BCUT2D eigenvalue weighted by Gasteiger charge is -2.18. The van der Waals surface area contributed by atoms with Crippen molar-refractivity contribution in [2.24, 2.45) is 0 Å². The van der Waals surface area contributed by atoms with Crippen LogP contribution in [0, 0.1) is 0 Å². The minimum atomic E-state index is -0.813. The molecule has 1 unspecified atom stereocenters. The molecule has 0 amide bonds. The summed E-state index contributed by atoms with van der Waals surface area (Å²) in [5, 5.41) is 0. The number of carbonyl (C=O) groups excluding carboxylic acids is 3. The number of hydrogen-bond donors (Lipinski definition) is 0. The highest BCUT2D eigenvalue weighted by molar-refractivity contribution is 5.71. The SMILES string of the molecule is CC/C=C\C/C=C\C/C=C\C/C=C\C/C=C\C/C=C\CCCCCCC(=O)OCC(COC(=O)CCCCCCCCCCCCCCCCC)OC(=O)CCCC/C=C\C/C=C\C/C=C\C/C=C\CC. The molecule has 1 atom stereocenters. The summed E-state index contributed by atoms with van der Waals surface area (Å²) in [5.74, 6) is -0.972. The number of unbranched alkanes of at least 4 members (excludes halogenated alkanes) is 20. The molecule has 0 N–H and O–H groups in total. The third-order valence-corrected chi connectivity index (χ3v) is 12.0. The molecule has 0 aromatic rings. The molecular formula is C65H106O6. The van der Waals surface area contributed by atoms with Crippen LogP contribution in [0.25, 0.3) is 0 Å². The molecule has 0 saturated carbocycles. The van der Waals surface area contributed by atoms with E-state index in [0.29, 0.717) is 19.3 Å². The van der Waals surface area contributed by atoms with E-state index in [1.165, 1.54) is 77.0 Å². The van der Waals surface area contributed by atoms with Crippen LogP contribution in [0.1, 0.15) is 252 Å². The zero-order valence-corrected chi connectivity index (χ0v) is 45.9. The Morgan fingerprint density at radius 3 is 0.887 bits per heavy atom. The quantitative estimate of drug-likeness (QED) is 0.0261. The van der Waals surface area contributed by atoms with Crippen LogP contribution in [-0.4, -0.2) is 37.2 Å². The van der Waals surface area contributed by atoms with Crippen LogP contribution >= 0.6 is 0 Å². The molecule has 6 nitrogen and oxygen atoms in total. The number of esters is 3. The maximum atomic E-state index is 12.8. The Balaban J connectivity index is 4.47. The molecule has 0 aromatic heterocycles. The van der Waals surface area contributed by atoms with Crippen molar-refractivity contribution in [3.63, 3.8) is 0 Å². The van der Waals surface area contributed by atoms with Crippen LogP contribution in [0.5, 0.6) is 0 Å². The monoisotopic (exact) mass is 983 g/mol. The second kappa shape index (κ2) is 58.4. The molecule has 0 aromatic carbocycles. The standard InChI is InChI=1S/C65H106O6/c1-4-7-10-13-16-19-22-25-28-29-30-31-32-33-34-35-38-40-43-46-49-52-55-58-64(67)70-61-62(71-65(68)59-56-53-50-47-44-41-37-27-24-21-18-15-12-9-6-3)60-69-63(66)57-54-51-48-45-42-39-36-26-23-20-17-14-11-8-5-2/h7,9-10,12,16,18-19,21,25,27-28,30-31,33-34,37-38,40,44,47,62H,4-6,8,11,13-15,17,20,22-24,26,29,32,35-36,39,41-43,45-46,48-61H2,1-3H3/b10-7-,12-9-,19-16-,21-18-,28-25-,31-30-,34-33-,37-27-,40-38-,47-44-. The summed E-state index contributed by atoms with van der Waals surface area (Å²) < 4.78 is 16.8. The van der Waals surface area contributed by atoms with Crippen molar-refractivity contribution in [3.8, 4) is 0 Å². The van der Waals surface area contributed by atoms with E-state index < -0.39 is 6.10 Å². The van der Waals surface area contributed by atoms with Gasteiger partial charge in [-0.15, -0.1) is 0 Å². The van der Waals surface area contributed by atoms with Crippen LogP contribution in [0.15, 0.2) is 122 Å². The molecule has 0 rings (SSSR count). The average Bonchev–Trinajstić information content (AvgIpc) is 3.37. The summed E-state index contributed by atoms with van der Waals surface area (Å²) in [6.45, 7) is 6.36. The van der Waals surface area contributed by atoms with Crippen LogP contribution in [0.2, 0.25) is 0 Å². The van der Waals surface area contributed by atoms with Gasteiger partial charge in [-0.05, 0) is 109 Å². The largest absolute Gasteiger partial charge is 0.462 e. The van der Waals surface area contributed by atoms with Gasteiger partial charge in [-0.2, -0.15) is 0 Å². The van der Waals surface area contributed by atoms with Gasteiger partial charge < -0.3 is 14.2 Å². The van der Waals surface area contributed by atoms with E-state index in [9.17, 15) is 14.4 Å². The maximum absolute atomic E-state index is 12.8. The van der Waals surface area contributed by atoms with Gasteiger partial charge in [0.2, 0.25) is 0 Å². The summed E-state index contributed by atoms with van der Waals surface area (Å²) in [6.07, 6.45) is 80.5. The van der Waals surface area contributed by atoms with E-state index >= 15 is 0 Å². The molecule has 0 saturated heterocycles. The van der Waals surface area contributed by atoms with Gasteiger partial charge in [0, 0.05) is 19.3 Å². The van der Waals surface area contributed by atoms with E-state index in [0.717, 1.165) is 128 Å². The third kappa shape index (κ3) is 56.6. The highest BCUT2D eigenvalue weighted by atomic mass is 16.6.